The highest BCUT2D eigenvalue weighted by Crippen LogP contribution is 2.45. The van der Waals surface area contributed by atoms with Gasteiger partial charge in [-0.2, -0.15) is 0 Å². The zero-order valence-electron chi connectivity index (χ0n) is 15.4. The van der Waals surface area contributed by atoms with E-state index in [2.05, 4.69) is 120 Å². The Morgan fingerprint density at radius 1 is 0.704 bits per heavy atom. The number of benzene rings is 3. The fraction of sp³-hybridized carbons (Fsp3) is 0.0800. The Bertz CT molecular complexity index is 818. The molecule has 27 heavy (non-hydrogen) atoms. The molecule has 4 rings (SSSR count). The van der Waals surface area contributed by atoms with Gasteiger partial charge < -0.3 is 0 Å². The van der Waals surface area contributed by atoms with Crippen LogP contribution < -0.4 is 15.9 Å². The van der Waals surface area contributed by atoms with Crippen molar-refractivity contribution in [1.29, 1.82) is 0 Å². The van der Waals surface area contributed by atoms with Crippen LogP contribution in [0.15, 0.2) is 84.9 Å². The van der Waals surface area contributed by atoms with E-state index < -0.39 is 7.92 Å². The summed E-state index contributed by atoms with van der Waals surface area (Å²) in [5, 5.41) is 4.19. The summed E-state index contributed by atoms with van der Waals surface area (Å²) in [5.41, 5.74) is 1.79. The van der Waals surface area contributed by atoms with Gasteiger partial charge in [-0.15, -0.1) is 9.24 Å². The Balaban J connectivity index is 1.85. The van der Waals surface area contributed by atoms with Crippen molar-refractivity contribution in [2.75, 3.05) is 0 Å². The van der Waals surface area contributed by atoms with Gasteiger partial charge in [0.2, 0.25) is 0 Å². The second-order valence-electron chi connectivity index (χ2n) is 6.71. The van der Waals surface area contributed by atoms with Crippen molar-refractivity contribution in [2.24, 2.45) is 0 Å². The van der Waals surface area contributed by atoms with Crippen LogP contribution >= 0.6 is 17.2 Å². The normalized spacial score (nSPS) is 16.7. The predicted molar refractivity (Wildman–Crippen MR) is 123 cm³/mol. The molecule has 1 saturated carbocycles. The Labute approximate surface area is 167 Å². The SMILES string of the molecule is C[C@@H](P)[C]1[CH][CH][CH][C]1c1ccccc1P(c1ccccc1)c1ccccc1. The molecule has 0 bridgehead atoms. The van der Waals surface area contributed by atoms with Gasteiger partial charge in [0.1, 0.15) is 0 Å². The molecule has 1 fully saturated rings. The van der Waals surface area contributed by atoms with Gasteiger partial charge in [0.15, 0.2) is 0 Å². The molecule has 0 spiro atoms. The van der Waals surface area contributed by atoms with Gasteiger partial charge in [-0.05, 0) is 60.2 Å². The molecule has 2 atom stereocenters. The van der Waals surface area contributed by atoms with Gasteiger partial charge in [0.25, 0.3) is 0 Å². The van der Waals surface area contributed by atoms with Gasteiger partial charge in [-0.1, -0.05) is 91.9 Å². The molecule has 0 aliphatic heterocycles. The molecular formula is C25H23P2. The fourth-order valence-corrected chi connectivity index (χ4v) is 6.31. The first-order chi connectivity index (χ1) is 13.3. The van der Waals surface area contributed by atoms with E-state index in [4.69, 9.17) is 0 Å². The van der Waals surface area contributed by atoms with Crippen molar-refractivity contribution in [3.05, 3.63) is 122 Å². The Kier molecular flexibility index (Phi) is 6.07. The highest BCUT2D eigenvalue weighted by molar-refractivity contribution is 7.79. The first kappa shape index (κ1) is 18.9. The smallest absolute Gasteiger partial charge is 0.0170 e. The lowest BCUT2D eigenvalue weighted by atomic mass is 9.87. The van der Waals surface area contributed by atoms with E-state index >= 15 is 0 Å². The standard InChI is InChI=1S/C25H23P2/c1-19(26)22-16-10-17-23(22)24-15-8-9-18-25(24)27(20-11-4-2-5-12-20)21-13-6-3-7-14-21/h2-19H,26H2,1H3/t19-/m1/s1. The molecule has 1 aliphatic carbocycles. The minimum Gasteiger partial charge on any atom is -0.134 e. The van der Waals surface area contributed by atoms with Gasteiger partial charge >= 0.3 is 0 Å². The van der Waals surface area contributed by atoms with Crippen molar-refractivity contribution in [3.8, 4) is 0 Å². The van der Waals surface area contributed by atoms with Crippen molar-refractivity contribution in [1.82, 2.24) is 0 Å². The van der Waals surface area contributed by atoms with Crippen LogP contribution in [0.3, 0.4) is 0 Å². The highest BCUT2D eigenvalue weighted by atomic mass is 31.1. The van der Waals surface area contributed by atoms with Gasteiger partial charge in [-0.25, -0.2) is 0 Å². The topological polar surface area (TPSA) is 0 Å². The highest BCUT2D eigenvalue weighted by Gasteiger charge is 2.35. The minimum absolute atomic E-state index is 0.433. The molecule has 5 radical (unpaired) electrons. The summed E-state index contributed by atoms with van der Waals surface area (Å²) in [5.74, 6) is 2.75. The molecule has 0 heterocycles. The lowest BCUT2D eigenvalue weighted by Crippen LogP contribution is -2.26. The van der Waals surface area contributed by atoms with E-state index in [0.717, 1.165) is 0 Å². The second-order valence-corrected chi connectivity index (χ2v) is 9.89. The van der Waals surface area contributed by atoms with Crippen LogP contribution in [0.4, 0.5) is 0 Å². The molecule has 3 aromatic rings. The van der Waals surface area contributed by atoms with E-state index in [1.165, 1.54) is 33.3 Å². The van der Waals surface area contributed by atoms with E-state index in [0.29, 0.717) is 5.66 Å². The Morgan fingerprint density at radius 3 is 1.85 bits per heavy atom. The third-order valence-corrected chi connectivity index (χ3v) is 7.66. The maximum atomic E-state index is 2.94. The molecule has 0 amide bonds. The number of rotatable bonds is 5. The van der Waals surface area contributed by atoms with Crippen LogP contribution in [0.25, 0.3) is 0 Å². The number of hydrogen-bond acceptors (Lipinski definition) is 0. The van der Waals surface area contributed by atoms with Crippen molar-refractivity contribution < 1.29 is 0 Å². The molecule has 0 nitrogen and oxygen atoms in total. The molecule has 0 aromatic heterocycles. The summed E-state index contributed by atoms with van der Waals surface area (Å²) < 4.78 is 0. The van der Waals surface area contributed by atoms with Crippen LogP contribution in [0.2, 0.25) is 0 Å². The summed E-state index contributed by atoms with van der Waals surface area (Å²) in [6, 6.07) is 30.8. The van der Waals surface area contributed by atoms with E-state index in [-0.39, 0.29) is 0 Å². The molecule has 1 aliphatic rings. The molecule has 133 valence electrons. The molecule has 0 N–H and O–H groups in total. The Morgan fingerprint density at radius 2 is 1.26 bits per heavy atom. The molecular weight excluding hydrogens is 362 g/mol. The quantitative estimate of drug-likeness (QED) is 0.552. The maximum Gasteiger partial charge on any atom is 0.0170 e. The average molecular weight is 385 g/mol. The summed E-state index contributed by atoms with van der Waals surface area (Å²) in [6.45, 7) is 2.24. The van der Waals surface area contributed by atoms with Crippen LogP contribution in [-0.2, 0) is 0 Å². The average Bonchev–Trinajstić information content (AvgIpc) is 3.20. The van der Waals surface area contributed by atoms with Crippen LogP contribution in [0, 0.1) is 31.1 Å². The lowest BCUT2D eigenvalue weighted by Gasteiger charge is -2.28. The zero-order chi connectivity index (χ0) is 18.6. The van der Waals surface area contributed by atoms with Crippen LogP contribution in [0.1, 0.15) is 12.5 Å². The third kappa shape index (κ3) is 4.03. The van der Waals surface area contributed by atoms with Gasteiger partial charge in [-0.3, -0.25) is 0 Å². The number of hydrogen-bond donors (Lipinski definition) is 0. The summed E-state index contributed by atoms with van der Waals surface area (Å²) in [4.78, 5) is 0. The van der Waals surface area contributed by atoms with E-state index in [9.17, 15) is 0 Å². The monoisotopic (exact) mass is 385 g/mol. The van der Waals surface area contributed by atoms with Crippen molar-refractivity contribution in [3.63, 3.8) is 0 Å². The summed E-state index contributed by atoms with van der Waals surface area (Å²) in [6.07, 6.45) is 6.69. The minimum atomic E-state index is -0.610. The van der Waals surface area contributed by atoms with E-state index in [1.807, 2.05) is 0 Å². The van der Waals surface area contributed by atoms with Gasteiger partial charge in [0, 0.05) is 5.92 Å². The molecule has 2 heteroatoms. The first-order valence-corrected chi connectivity index (χ1v) is 11.3. The molecule has 0 saturated heterocycles. The molecule has 1 unspecified atom stereocenters. The molecule has 3 aromatic carbocycles. The summed E-state index contributed by atoms with van der Waals surface area (Å²) >= 11 is 0. The third-order valence-electron chi connectivity index (χ3n) is 4.80. The van der Waals surface area contributed by atoms with Crippen molar-refractivity contribution in [2.45, 2.75) is 12.6 Å². The van der Waals surface area contributed by atoms with Crippen molar-refractivity contribution >= 4 is 33.1 Å². The van der Waals surface area contributed by atoms with Gasteiger partial charge in [0.05, 0.1) is 0 Å². The maximum absolute atomic E-state index is 2.94. The van der Waals surface area contributed by atoms with Crippen LogP contribution in [-0.4, -0.2) is 5.66 Å². The lowest BCUT2D eigenvalue weighted by molar-refractivity contribution is 0.972. The second kappa shape index (κ2) is 8.68. The fourth-order valence-electron chi connectivity index (χ4n) is 3.55. The predicted octanol–water partition coefficient (Wildman–Crippen LogP) is 4.83. The zero-order valence-corrected chi connectivity index (χ0v) is 17.5. The largest absolute Gasteiger partial charge is 0.134 e. The Hall–Kier alpha value is -1.48. The summed E-state index contributed by atoms with van der Waals surface area (Å²) in [7, 11) is 2.33. The first-order valence-electron chi connectivity index (χ1n) is 9.26. The van der Waals surface area contributed by atoms with E-state index in [1.54, 1.807) is 0 Å². The van der Waals surface area contributed by atoms with Crippen LogP contribution in [0.5, 0.6) is 0 Å².